The Labute approximate surface area is 290 Å². The maximum atomic E-state index is 13.8. The smallest absolute Gasteiger partial charge is 0.192 e. The quantitative estimate of drug-likeness (QED) is 0.0698. The van der Waals surface area contributed by atoms with Crippen LogP contribution in [0.15, 0.2) is 84.9 Å². The van der Waals surface area contributed by atoms with Gasteiger partial charge in [-0.15, -0.1) is 0 Å². The number of ketones is 1. The molecule has 9 heteroatoms. The summed E-state index contributed by atoms with van der Waals surface area (Å²) in [5, 5.41) is -0.0883. The van der Waals surface area contributed by atoms with Crippen molar-refractivity contribution in [1.82, 2.24) is 0 Å². The van der Waals surface area contributed by atoms with E-state index in [9.17, 15) is 9.59 Å². The Morgan fingerprint density at radius 1 is 0.745 bits per heavy atom. The molecule has 0 bridgehead atoms. The first kappa shape index (κ1) is 38.8. The van der Waals surface area contributed by atoms with Gasteiger partial charge in [-0.2, -0.15) is 0 Å². The number of Topliss-reactive ketones (excluding diaryl/α,β-unsaturated/α-hetero) is 1. The number of halogens is 1. The Balaban J connectivity index is 2.09. The number of rotatable bonds is 19. The van der Waals surface area contributed by atoms with Gasteiger partial charge in [0.1, 0.15) is 18.0 Å². The summed E-state index contributed by atoms with van der Waals surface area (Å²) >= 11 is 3.40. The first-order valence-electron chi connectivity index (χ1n) is 16.0. The Morgan fingerprint density at radius 2 is 1.23 bits per heavy atom. The molecule has 0 aliphatic rings. The van der Waals surface area contributed by atoms with Gasteiger partial charge in [-0.25, -0.2) is 0 Å². The van der Waals surface area contributed by atoms with E-state index in [0.29, 0.717) is 0 Å². The van der Waals surface area contributed by atoms with Crippen molar-refractivity contribution in [2.75, 3.05) is 12.4 Å². The molecule has 0 saturated heterocycles. The highest BCUT2D eigenvalue weighted by molar-refractivity contribution is 9.09. The molecule has 0 fully saturated rings. The molecule has 3 aromatic carbocycles. The molecule has 0 heterocycles. The Hall–Kier alpha value is -2.66. The fraction of sp³-hybridized carbons (Fsp3) is 0.474. The van der Waals surface area contributed by atoms with Crippen molar-refractivity contribution in [3.05, 3.63) is 102 Å². The van der Waals surface area contributed by atoms with E-state index in [1.807, 2.05) is 98.8 Å². The van der Waals surface area contributed by atoms with Crippen LogP contribution in [0.25, 0.3) is 0 Å². The number of carbonyl (C=O) groups excluding carboxylic acids is 2. The average molecular weight is 728 g/mol. The van der Waals surface area contributed by atoms with Crippen LogP contribution in [0, 0.1) is 5.41 Å². The second kappa shape index (κ2) is 17.7. The summed E-state index contributed by atoms with van der Waals surface area (Å²) in [5.41, 5.74) is 1.81. The zero-order valence-corrected chi connectivity index (χ0v) is 31.6. The van der Waals surface area contributed by atoms with E-state index in [-0.39, 0.29) is 36.0 Å². The third-order valence-corrected chi connectivity index (χ3v) is 14.0. The molecule has 0 radical (unpaired) electrons. The van der Waals surface area contributed by atoms with Crippen LogP contribution >= 0.6 is 15.9 Å². The highest BCUT2D eigenvalue weighted by atomic mass is 79.9. The van der Waals surface area contributed by atoms with Gasteiger partial charge < -0.3 is 28.2 Å². The van der Waals surface area contributed by atoms with E-state index < -0.39 is 38.1 Å². The molecule has 0 N–H and O–H groups in total. The summed E-state index contributed by atoms with van der Waals surface area (Å²) in [6.45, 7) is 15.4. The monoisotopic (exact) mass is 726 g/mol. The number of benzene rings is 3. The van der Waals surface area contributed by atoms with E-state index in [1.54, 1.807) is 7.11 Å². The fourth-order valence-electron chi connectivity index (χ4n) is 5.05. The minimum absolute atomic E-state index is 0.0822. The Morgan fingerprint density at radius 3 is 1.70 bits per heavy atom. The van der Waals surface area contributed by atoms with Gasteiger partial charge in [0, 0.05) is 5.41 Å². The Kier molecular flexibility index (Phi) is 14.6. The molecule has 0 unspecified atom stereocenters. The van der Waals surface area contributed by atoms with Gasteiger partial charge in [0.25, 0.3) is 0 Å². The van der Waals surface area contributed by atoms with Crippen LogP contribution in [0.2, 0.25) is 18.1 Å². The van der Waals surface area contributed by atoms with E-state index in [0.717, 1.165) is 28.7 Å². The molecule has 7 nitrogen and oxygen atoms in total. The summed E-state index contributed by atoms with van der Waals surface area (Å²) in [6, 6.07) is 27.0. The van der Waals surface area contributed by atoms with Gasteiger partial charge in [-0.1, -0.05) is 123 Å². The lowest BCUT2D eigenvalue weighted by molar-refractivity contribution is -0.183. The van der Waals surface area contributed by atoms with Gasteiger partial charge in [0.15, 0.2) is 20.4 Å². The van der Waals surface area contributed by atoms with Crippen LogP contribution in [-0.4, -0.2) is 57.2 Å². The van der Waals surface area contributed by atoms with Gasteiger partial charge >= 0.3 is 0 Å². The molecule has 0 saturated carbocycles. The van der Waals surface area contributed by atoms with Crippen LogP contribution < -0.4 is 4.74 Å². The lowest BCUT2D eigenvalue weighted by Gasteiger charge is -2.49. The standard InChI is InChI=1S/C38H51BrO7Si/c1-37(2,3)47(7,8)46-36(34(32(41)23-39)44-26-29-17-13-10-14-18-29)38(4,5)35(45-27-30-19-21-31(42-6)22-20-30)33(24-40)43-25-28-15-11-9-12-16-28/h9-22,24,33-36H,23,25-27H2,1-8H3/t33-,34-,35-,36-/m0/s1. The lowest BCUT2D eigenvalue weighted by Crippen LogP contribution is -2.60. The molecule has 4 atom stereocenters. The number of carbonyl (C=O) groups is 2. The predicted octanol–water partition coefficient (Wildman–Crippen LogP) is 8.33. The van der Waals surface area contributed by atoms with Crippen molar-refractivity contribution < 1.29 is 33.0 Å². The average Bonchev–Trinajstić information content (AvgIpc) is 3.06. The van der Waals surface area contributed by atoms with E-state index in [2.05, 4.69) is 49.8 Å². The molecule has 0 aliphatic carbocycles. The maximum Gasteiger partial charge on any atom is 0.192 e. The second-order valence-corrected chi connectivity index (χ2v) is 19.2. The number of aldehydes is 1. The highest BCUT2D eigenvalue weighted by Gasteiger charge is 2.52. The largest absolute Gasteiger partial charge is 0.497 e. The van der Waals surface area contributed by atoms with Crippen LogP contribution in [0.1, 0.15) is 51.3 Å². The SMILES string of the molecule is COc1ccc(CO[C@@H]([C@H](C=O)OCc2ccccc2)C(C)(C)[C@@H](O[Si](C)(C)C(C)(C)C)[C@@H](OCc2ccccc2)C(=O)CBr)cc1. The van der Waals surface area contributed by atoms with Gasteiger partial charge in [-0.3, -0.25) is 4.79 Å². The minimum atomic E-state index is -2.51. The van der Waals surface area contributed by atoms with Crippen molar-refractivity contribution in [3.63, 3.8) is 0 Å². The van der Waals surface area contributed by atoms with Crippen LogP contribution in [0.5, 0.6) is 5.75 Å². The van der Waals surface area contributed by atoms with Crippen molar-refractivity contribution >= 4 is 36.3 Å². The molecule has 0 aliphatic heterocycles. The zero-order valence-electron chi connectivity index (χ0n) is 29.0. The summed E-state index contributed by atoms with van der Waals surface area (Å²) in [7, 11) is -0.892. The molecule has 0 amide bonds. The van der Waals surface area contributed by atoms with Gasteiger partial charge in [0.05, 0.1) is 44.5 Å². The van der Waals surface area contributed by atoms with E-state index in [1.165, 1.54) is 0 Å². The molecule has 0 spiro atoms. The maximum absolute atomic E-state index is 13.8. The third-order valence-electron chi connectivity index (χ3n) is 9.00. The van der Waals surface area contributed by atoms with Crippen molar-refractivity contribution in [3.8, 4) is 5.75 Å². The number of methoxy groups -OCH3 is 1. The van der Waals surface area contributed by atoms with Crippen LogP contribution in [0.4, 0.5) is 0 Å². The number of hydrogen-bond donors (Lipinski definition) is 0. The third kappa shape index (κ3) is 10.9. The molecule has 3 rings (SSSR count). The summed E-state index contributed by atoms with van der Waals surface area (Å²) in [5.74, 6) is 0.580. The molecule has 0 aromatic heterocycles. The molecular formula is C38H51BrO7Si. The van der Waals surface area contributed by atoms with Crippen molar-refractivity contribution in [1.29, 1.82) is 0 Å². The topological polar surface area (TPSA) is 80.3 Å². The molecule has 3 aromatic rings. The zero-order chi connectivity index (χ0) is 34.7. The number of alkyl halides is 1. The number of hydrogen-bond acceptors (Lipinski definition) is 7. The minimum Gasteiger partial charge on any atom is -0.497 e. The van der Waals surface area contributed by atoms with Crippen LogP contribution in [0.3, 0.4) is 0 Å². The normalized spacial score (nSPS) is 15.0. The summed E-state index contributed by atoms with van der Waals surface area (Å²) in [4.78, 5) is 26.7. The molecule has 256 valence electrons. The van der Waals surface area contributed by atoms with E-state index in [4.69, 9.17) is 23.4 Å². The predicted molar refractivity (Wildman–Crippen MR) is 192 cm³/mol. The van der Waals surface area contributed by atoms with Crippen molar-refractivity contribution in [2.24, 2.45) is 5.41 Å². The number of ether oxygens (including phenoxy) is 4. The second-order valence-electron chi connectivity index (χ2n) is 13.9. The van der Waals surface area contributed by atoms with E-state index >= 15 is 0 Å². The molecular weight excluding hydrogens is 676 g/mol. The summed E-state index contributed by atoms with van der Waals surface area (Å²) in [6.07, 6.45) is -2.72. The summed E-state index contributed by atoms with van der Waals surface area (Å²) < 4.78 is 32.0. The van der Waals surface area contributed by atoms with Gasteiger partial charge in [-0.05, 0) is 47.0 Å². The van der Waals surface area contributed by atoms with Crippen LogP contribution in [-0.2, 0) is 48.0 Å². The fourth-order valence-corrected chi connectivity index (χ4v) is 6.79. The Bertz CT molecular complexity index is 1370. The van der Waals surface area contributed by atoms with Gasteiger partial charge in [0.2, 0.25) is 0 Å². The molecule has 47 heavy (non-hydrogen) atoms. The first-order chi connectivity index (χ1) is 22.2. The lowest BCUT2D eigenvalue weighted by atomic mass is 9.75. The van der Waals surface area contributed by atoms with Crippen molar-refractivity contribution in [2.45, 2.75) is 97.0 Å². The highest BCUT2D eigenvalue weighted by Crippen LogP contribution is 2.44. The first-order valence-corrected chi connectivity index (χ1v) is 20.0.